The van der Waals surface area contributed by atoms with Gasteiger partial charge in [-0.25, -0.2) is 0 Å². The van der Waals surface area contributed by atoms with Crippen LogP contribution in [0.5, 0.6) is 17.2 Å². The van der Waals surface area contributed by atoms with E-state index in [1.165, 1.54) is 33.5 Å². The van der Waals surface area contributed by atoms with E-state index in [0.29, 0.717) is 22.8 Å². The number of carbonyl (C=O) groups excluding carboxylic acids is 3. The molecule has 188 valence electrons. The molecule has 0 amide bonds. The number of aromatic amines is 1. The lowest BCUT2D eigenvalue weighted by molar-refractivity contribution is -0.141. The summed E-state index contributed by atoms with van der Waals surface area (Å²) < 4.78 is 21.2. The van der Waals surface area contributed by atoms with Crippen LogP contribution >= 0.6 is 11.8 Å². The molecule has 0 saturated heterocycles. The van der Waals surface area contributed by atoms with Crippen LogP contribution in [-0.2, 0) is 20.9 Å². The maximum Gasteiger partial charge on any atom is 0.316 e. The van der Waals surface area contributed by atoms with E-state index in [0.717, 1.165) is 33.8 Å². The fourth-order valence-electron chi connectivity index (χ4n) is 3.42. The molecule has 1 N–H and O–H groups in total. The van der Waals surface area contributed by atoms with Crippen molar-refractivity contribution in [2.24, 2.45) is 0 Å². The summed E-state index contributed by atoms with van der Waals surface area (Å²) in [5.41, 5.74) is 2.84. The lowest BCUT2D eigenvalue weighted by Crippen LogP contribution is -2.08. The third kappa shape index (κ3) is 6.57. The van der Waals surface area contributed by atoms with Crippen LogP contribution in [0.25, 0.3) is 17.0 Å². The summed E-state index contributed by atoms with van der Waals surface area (Å²) >= 11 is 0.896. The van der Waals surface area contributed by atoms with Crippen LogP contribution in [0.3, 0.4) is 0 Å². The molecule has 0 unspecified atom stereocenters. The molecule has 0 bridgehead atoms. The van der Waals surface area contributed by atoms with Gasteiger partial charge in [0.2, 0.25) is 10.9 Å². The molecule has 0 aliphatic carbocycles. The molecule has 3 rings (SSSR count). The minimum atomic E-state index is -0.469. The normalized spacial score (nSPS) is 11.2. The minimum Gasteiger partial charge on any atom is -0.493 e. The molecular formula is C27H27NO7S. The van der Waals surface area contributed by atoms with Gasteiger partial charge in [-0.1, -0.05) is 23.9 Å². The third-order valence-corrected chi connectivity index (χ3v) is 5.98. The number of hydrogen-bond donors (Lipinski definition) is 1. The average molecular weight is 510 g/mol. The fraction of sp³-hybridized carbons (Fsp3) is 0.222. The number of allylic oxidation sites excluding steroid dienone is 2. The van der Waals surface area contributed by atoms with E-state index in [4.69, 9.17) is 18.9 Å². The Morgan fingerprint density at radius 1 is 0.972 bits per heavy atom. The summed E-state index contributed by atoms with van der Waals surface area (Å²) in [7, 11) is 4.48. The Bertz CT molecular complexity index is 1300. The summed E-state index contributed by atoms with van der Waals surface area (Å²) in [4.78, 5) is 39.5. The Morgan fingerprint density at radius 3 is 2.33 bits per heavy atom. The molecule has 9 heteroatoms. The number of thioether (sulfide) groups is 1. The van der Waals surface area contributed by atoms with Gasteiger partial charge in [0, 0.05) is 22.7 Å². The highest BCUT2D eigenvalue weighted by atomic mass is 32.2. The topological polar surface area (TPSA) is 104 Å². The molecule has 36 heavy (non-hydrogen) atoms. The van der Waals surface area contributed by atoms with Crippen LogP contribution < -0.4 is 14.2 Å². The molecule has 0 fully saturated rings. The standard InChI is InChI=1S/C27H27NO7S/c1-5-6-26(31)36-16-25(30)35-15-17-7-9-21-20(11-17)18(14-28-21)8-10-22(29)19-12-23(32-2)27(34-4)24(13-19)33-3/h5-14,28H,15-16H2,1-4H3/b6-5+,10-8+. The van der Waals surface area contributed by atoms with Crippen molar-refractivity contribution < 1.29 is 33.3 Å². The first kappa shape index (κ1) is 26.6. The number of carbonyl (C=O) groups is 3. The van der Waals surface area contributed by atoms with E-state index < -0.39 is 5.97 Å². The predicted octanol–water partition coefficient (Wildman–Crippen LogP) is 4.97. The zero-order valence-electron chi connectivity index (χ0n) is 20.5. The van der Waals surface area contributed by atoms with Crippen LogP contribution in [0.1, 0.15) is 28.4 Å². The van der Waals surface area contributed by atoms with Crippen LogP contribution in [0, 0.1) is 0 Å². The number of aromatic nitrogens is 1. The highest BCUT2D eigenvalue weighted by Gasteiger charge is 2.16. The molecule has 1 aromatic heterocycles. The van der Waals surface area contributed by atoms with E-state index >= 15 is 0 Å². The Balaban J connectivity index is 1.73. The Morgan fingerprint density at radius 2 is 1.69 bits per heavy atom. The second-order valence-electron chi connectivity index (χ2n) is 7.50. The van der Waals surface area contributed by atoms with Gasteiger partial charge < -0.3 is 23.9 Å². The molecule has 0 aliphatic heterocycles. The zero-order chi connectivity index (χ0) is 26.1. The third-order valence-electron chi connectivity index (χ3n) is 5.18. The second kappa shape index (κ2) is 12.6. The number of methoxy groups -OCH3 is 3. The average Bonchev–Trinajstić information content (AvgIpc) is 3.30. The molecule has 3 aromatic rings. The largest absolute Gasteiger partial charge is 0.493 e. The van der Waals surface area contributed by atoms with E-state index in [9.17, 15) is 14.4 Å². The smallest absolute Gasteiger partial charge is 0.316 e. The minimum absolute atomic E-state index is 0.0490. The summed E-state index contributed by atoms with van der Waals surface area (Å²) in [6.45, 7) is 1.81. The van der Waals surface area contributed by atoms with E-state index in [1.54, 1.807) is 37.4 Å². The SMILES string of the molecule is C/C=C/C(=O)SCC(=O)OCc1ccc2[nH]cc(/C=C/C(=O)c3cc(OC)c(OC)c(OC)c3)c2c1. The lowest BCUT2D eigenvalue weighted by atomic mass is 10.1. The Kier molecular flexibility index (Phi) is 9.35. The summed E-state index contributed by atoms with van der Waals surface area (Å²) in [6, 6.07) is 8.81. The van der Waals surface area contributed by atoms with Gasteiger partial charge in [-0.3, -0.25) is 14.4 Å². The monoisotopic (exact) mass is 509 g/mol. The molecule has 2 aromatic carbocycles. The van der Waals surface area contributed by atoms with Crippen molar-refractivity contribution >= 4 is 45.6 Å². The number of nitrogens with one attached hydrogen (secondary N) is 1. The van der Waals surface area contributed by atoms with Gasteiger partial charge in [-0.05, 0) is 60.5 Å². The molecule has 8 nitrogen and oxygen atoms in total. The zero-order valence-corrected chi connectivity index (χ0v) is 21.3. The van der Waals surface area contributed by atoms with Crippen LogP contribution in [0.4, 0.5) is 0 Å². The van der Waals surface area contributed by atoms with Crippen molar-refractivity contribution in [2.75, 3.05) is 27.1 Å². The van der Waals surface area contributed by atoms with Crippen molar-refractivity contribution in [3.63, 3.8) is 0 Å². The van der Waals surface area contributed by atoms with Gasteiger partial charge in [-0.2, -0.15) is 0 Å². The van der Waals surface area contributed by atoms with Crippen LogP contribution in [0.15, 0.2) is 54.8 Å². The summed E-state index contributed by atoms with van der Waals surface area (Å²) in [5, 5.41) is 0.677. The van der Waals surface area contributed by atoms with Gasteiger partial charge >= 0.3 is 5.97 Å². The molecule has 0 spiro atoms. The van der Waals surface area contributed by atoms with E-state index in [-0.39, 0.29) is 23.3 Å². The van der Waals surface area contributed by atoms with Crippen molar-refractivity contribution in [3.8, 4) is 17.2 Å². The summed E-state index contributed by atoms with van der Waals surface area (Å²) in [5.74, 6) is 0.441. The van der Waals surface area contributed by atoms with E-state index in [1.807, 2.05) is 18.2 Å². The lowest BCUT2D eigenvalue weighted by Gasteiger charge is -2.13. The van der Waals surface area contributed by atoms with Crippen LogP contribution in [0.2, 0.25) is 0 Å². The number of benzene rings is 2. The number of ketones is 1. The maximum absolute atomic E-state index is 12.9. The van der Waals surface area contributed by atoms with Gasteiger partial charge in [0.1, 0.15) is 6.61 Å². The number of H-pyrrole nitrogens is 1. The highest BCUT2D eigenvalue weighted by molar-refractivity contribution is 8.14. The van der Waals surface area contributed by atoms with E-state index in [2.05, 4.69) is 4.98 Å². The number of fused-ring (bicyclic) bond motifs is 1. The Labute approximate surface area is 213 Å². The van der Waals surface area contributed by atoms with Gasteiger partial charge in [0.05, 0.1) is 27.1 Å². The van der Waals surface area contributed by atoms with Gasteiger partial charge in [-0.15, -0.1) is 0 Å². The van der Waals surface area contributed by atoms with Crippen molar-refractivity contribution in [2.45, 2.75) is 13.5 Å². The number of esters is 1. The molecule has 1 heterocycles. The molecule has 0 radical (unpaired) electrons. The quantitative estimate of drug-likeness (QED) is 0.220. The molecular weight excluding hydrogens is 482 g/mol. The van der Waals surface area contributed by atoms with Crippen molar-refractivity contribution in [1.82, 2.24) is 4.98 Å². The highest BCUT2D eigenvalue weighted by Crippen LogP contribution is 2.38. The molecule has 0 aliphatic rings. The first-order valence-corrected chi connectivity index (χ1v) is 12.0. The van der Waals surface area contributed by atoms with Crippen LogP contribution in [-0.4, -0.2) is 48.9 Å². The second-order valence-corrected chi connectivity index (χ2v) is 8.48. The number of hydrogen-bond acceptors (Lipinski definition) is 8. The molecule has 0 atom stereocenters. The fourth-order valence-corrected chi connectivity index (χ4v) is 4.00. The first-order chi connectivity index (χ1) is 17.4. The number of ether oxygens (including phenoxy) is 4. The molecule has 0 saturated carbocycles. The number of rotatable bonds is 11. The van der Waals surface area contributed by atoms with Crippen molar-refractivity contribution in [1.29, 1.82) is 0 Å². The predicted molar refractivity (Wildman–Crippen MR) is 140 cm³/mol. The van der Waals surface area contributed by atoms with Gasteiger partial charge in [0.15, 0.2) is 17.3 Å². The Hall–Kier alpha value is -3.98. The van der Waals surface area contributed by atoms with Crippen molar-refractivity contribution in [3.05, 3.63) is 71.4 Å². The maximum atomic E-state index is 12.9. The van der Waals surface area contributed by atoms with Gasteiger partial charge in [0.25, 0.3) is 0 Å². The summed E-state index contributed by atoms with van der Waals surface area (Å²) in [6.07, 6.45) is 8.00. The first-order valence-electron chi connectivity index (χ1n) is 11.0.